The number of ether oxygens (including phenoxy) is 1. The van der Waals surface area contributed by atoms with Gasteiger partial charge < -0.3 is 15.0 Å². The van der Waals surface area contributed by atoms with Crippen LogP contribution >= 0.6 is 0 Å². The number of carbonyl (C=O) groups excluding carboxylic acids is 2. The molecular weight excluding hydrogens is 423 g/mol. The zero-order valence-electron chi connectivity index (χ0n) is 18.3. The lowest BCUT2D eigenvalue weighted by molar-refractivity contribution is -0.137. The van der Waals surface area contributed by atoms with Gasteiger partial charge in [0.2, 0.25) is 0 Å². The minimum absolute atomic E-state index is 0.0280. The molecule has 1 aliphatic heterocycles. The molecule has 8 heteroatoms. The molecule has 1 N–H and O–H groups in total. The predicted molar refractivity (Wildman–Crippen MR) is 121 cm³/mol. The molecule has 0 bridgehead atoms. The molecule has 2 aromatic carbocycles. The van der Waals surface area contributed by atoms with Crippen molar-refractivity contribution < 1.29 is 18.7 Å². The largest absolute Gasteiger partial charge is 0.481 e. The number of piperidine rings is 1. The number of aromatic nitrogens is 2. The molecule has 0 unspecified atom stereocenters. The minimum atomic E-state index is -0.521. The Morgan fingerprint density at radius 2 is 1.88 bits per heavy atom. The molecule has 1 aliphatic rings. The van der Waals surface area contributed by atoms with Crippen molar-refractivity contribution in [2.45, 2.75) is 32.2 Å². The number of anilines is 1. The van der Waals surface area contributed by atoms with Crippen molar-refractivity contribution in [2.75, 3.05) is 18.5 Å². The second-order valence-electron chi connectivity index (χ2n) is 7.85. The number of hydrogen-bond acceptors (Lipinski definition) is 5. The van der Waals surface area contributed by atoms with Gasteiger partial charge in [-0.05, 0) is 50.5 Å². The molecule has 0 saturated carbocycles. The van der Waals surface area contributed by atoms with Crippen LogP contribution in [0, 0.1) is 12.7 Å². The van der Waals surface area contributed by atoms with Gasteiger partial charge >= 0.3 is 0 Å². The highest BCUT2D eigenvalue weighted by Gasteiger charge is 2.32. The summed E-state index contributed by atoms with van der Waals surface area (Å²) in [6.45, 7) is 1.96. The van der Waals surface area contributed by atoms with Crippen LogP contribution in [-0.4, -0.2) is 39.8 Å². The fraction of sp³-hybridized carbons (Fsp3) is 0.280. The molecular formula is C25H25FN4O3. The van der Waals surface area contributed by atoms with Gasteiger partial charge in [-0.25, -0.2) is 14.4 Å². The molecule has 170 valence electrons. The lowest BCUT2D eigenvalue weighted by Crippen LogP contribution is -2.42. The Balaban J connectivity index is 1.56. The summed E-state index contributed by atoms with van der Waals surface area (Å²) in [6.07, 6.45) is 3.89. The number of carbonyl (C=O) groups is 2. The van der Waals surface area contributed by atoms with Crippen molar-refractivity contribution in [3.05, 3.63) is 83.7 Å². The van der Waals surface area contributed by atoms with Crippen LogP contribution in [0.5, 0.6) is 5.75 Å². The summed E-state index contributed by atoms with van der Waals surface area (Å²) in [5.74, 6) is -0.598. The number of benzene rings is 2. The van der Waals surface area contributed by atoms with Crippen molar-refractivity contribution in [3.8, 4) is 5.75 Å². The fourth-order valence-electron chi connectivity index (χ4n) is 3.93. The Kier molecular flexibility index (Phi) is 6.92. The molecule has 7 nitrogen and oxygen atoms in total. The number of aryl methyl sites for hydroxylation is 1. The Bertz CT molecular complexity index is 1140. The van der Waals surface area contributed by atoms with Gasteiger partial charge in [-0.15, -0.1) is 0 Å². The smallest absolute Gasteiger partial charge is 0.261 e. The van der Waals surface area contributed by atoms with Crippen molar-refractivity contribution in [2.24, 2.45) is 0 Å². The monoisotopic (exact) mass is 448 g/mol. The van der Waals surface area contributed by atoms with E-state index in [-0.39, 0.29) is 24.2 Å². The summed E-state index contributed by atoms with van der Waals surface area (Å²) in [4.78, 5) is 36.6. The van der Waals surface area contributed by atoms with Crippen molar-refractivity contribution in [3.63, 3.8) is 0 Å². The molecule has 4 rings (SSSR count). The lowest BCUT2D eigenvalue weighted by atomic mass is 9.96. The average Bonchev–Trinajstić information content (AvgIpc) is 2.84. The third kappa shape index (κ3) is 5.34. The summed E-state index contributed by atoms with van der Waals surface area (Å²) in [7, 11) is 0. The van der Waals surface area contributed by atoms with E-state index >= 15 is 0 Å². The average molecular weight is 448 g/mol. The van der Waals surface area contributed by atoms with E-state index in [9.17, 15) is 14.0 Å². The SMILES string of the molecule is Cc1ncc(C(=O)Nc2ccccc2)c([C@@H]2CCCCN2C(=O)COc2ccccc2F)n1. The predicted octanol–water partition coefficient (Wildman–Crippen LogP) is 4.31. The Hall–Kier alpha value is -3.81. The van der Waals surface area contributed by atoms with Crippen LogP contribution in [0.4, 0.5) is 10.1 Å². The normalized spacial score (nSPS) is 15.7. The molecule has 2 heterocycles. The van der Waals surface area contributed by atoms with Crippen LogP contribution in [0.3, 0.4) is 0 Å². The first-order valence-electron chi connectivity index (χ1n) is 10.9. The Morgan fingerprint density at radius 3 is 2.67 bits per heavy atom. The van der Waals surface area contributed by atoms with E-state index in [2.05, 4.69) is 15.3 Å². The minimum Gasteiger partial charge on any atom is -0.481 e. The molecule has 0 spiro atoms. The Labute approximate surface area is 191 Å². The topological polar surface area (TPSA) is 84.4 Å². The summed E-state index contributed by atoms with van der Waals surface area (Å²) in [5.41, 5.74) is 1.49. The molecule has 1 fully saturated rings. The van der Waals surface area contributed by atoms with Gasteiger partial charge in [-0.1, -0.05) is 30.3 Å². The van der Waals surface area contributed by atoms with Gasteiger partial charge in [0.15, 0.2) is 18.2 Å². The fourth-order valence-corrected chi connectivity index (χ4v) is 3.93. The van der Waals surface area contributed by atoms with Crippen molar-refractivity contribution in [1.29, 1.82) is 0 Å². The maximum atomic E-state index is 13.9. The molecule has 2 amide bonds. The van der Waals surface area contributed by atoms with E-state index in [1.807, 2.05) is 18.2 Å². The number of rotatable bonds is 6. The van der Waals surface area contributed by atoms with E-state index in [1.54, 1.807) is 36.1 Å². The first-order valence-corrected chi connectivity index (χ1v) is 10.9. The lowest BCUT2D eigenvalue weighted by Gasteiger charge is -2.36. The molecule has 1 saturated heterocycles. The first kappa shape index (κ1) is 22.4. The van der Waals surface area contributed by atoms with Crippen LogP contribution in [-0.2, 0) is 4.79 Å². The Morgan fingerprint density at radius 1 is 1.12 bits per heavy atom. The molecule has 33 heavy (non-hydrogen) atoms. The van der Waals surface area contributed by atoms with E-state index in [4.69, 9.17) is 4.74 Å². The van der Waals surface area contributed by atoms with Gasteiger partial charge in [0.25, 0.3) is 11.8 Å². The summed E-state index contributed by atoms with van der Waals surface area (Å²) >= 11 is 0. The molecule has 0 radical (unpaired) electrons. The zero-order chi connectivity index (χ0) is 23.2. The van der Waals surface area contributed by atoms with E-state index in [1.165, 1.54) is 18.3 Å². The summed E-state index contributed by atoms with van der Waals surface area (Å²) in [6, 6.07) is 14.7. The number of para-hydroxylation sites is 2. The first-order chi connectivity index (χ1) is 16.0. The highest BCUT2D eigenvalue weighted by atomic mass is 19.1. The number of halogens is 1. The number of likely N-dealkylation sites (tertiary alicyclic amines) is 1. The van der Waals surface area contributed by atoms with Crippen LogP contribution in [0.15, 0.2) is 60.8 Å². The van der Waals surface area contributed by atoms with Gasteiger partial charge in [0.1, 0.15) is 5.82 Å². The maximum absolute atomic E-state index is 13.9. The summed E-state index contributed by atoms with van der Waals surface area (Å²) < 4.78 is 19.3. The third-order valence-electron chi connectivity index (χ3n) is 5.54. The number of nitrogens with zero attached hydrogens (tertiary/aromatic N) is 3. The highest BCUT2D eigenvalue weighted by Crippen LogP contribution is 2.32. The standard InChI is InChI=1S/C25H25FN4O3/c1-17-27-15-19(25(32)29-18-9-3-2-4-10-18)24(28-17)21-12-7-8-14-30(21)23(31)16-33-22-13-6-5-11-20(22)26/h2-6,9-11,13,15,21H,7-8,12,14,16H2,1H3,(H,29,32)/t21-/m0/s1. The number of nitrogens with one attached hydrogen (secondary N) is 1. The van der Waals surface area contributed by atoms with Gasteiger partial charge in [0, 0.05) is 18.4 Å². The summed E-state index contributed by atoms with van der Waals surface area (Å²) in [5, 5.41) is 2.87. The van der Waals surface area contributed by atoms with Gasteiger partial charge in [0.05, 0.1) is 17.3 Å². The molecule has 1 atom stereocenters. The molecule has 3 aromatic rings. The van der Waals surface area contributed by atoms with Crippen LogP contribution in [0.25, 0.3) is 0 Å². The second-order valence-corrected chi connectivity index (χ2v) is 7.85. The van der Waals surface area contributed by atoms with Crippen molar-refractivity contribution in [1.82, 2.24) is 14.9 Å². The van der Waals surface area contributed by atoms with Crippen LogP contribution in [0.1, 0.15) is 47.2 Å². The molecule has 1 aromatic heterocycles. The second kappa shape index (κ2) is 10.2. The number of amides is 2. The van der Waals surface area contributed by atoms with Gasteiger partial charge in [-0.2, -0.15) is 0 Å². The quantitative estimate of drug-likeness (QED) is 0.608. The third-order valence-corrected chi connectivity index (χ3v) is 5.54. The van der Waals surface area contributed by atoms with E-state index < -0.39 is 11.9 Å². The van der Waals surface area contributed by atoms with Gasteiger partial charge in [-0.3, -0.25) is 9.59 Å². The van der Waals surface area contributed by atoms with Crippen LogP contribution in [0.2, 0.25) is 0 Å². The number of hydrogen-bond donors (Lipinski definition) is 1. The van der Waals surface area contributed by atoms with Crippen molar-refractivity contribution >= 4 is 17.5 Å². The highest BCUT2D eigenvalue weighted by molar-refractivity contribution is 6.05. The molecule has 0 aliphatic carbocycles. The maximum Gasteiger partial charge on any atom is 0.261 e. The van der Waals surface area contributed by atoms with E-state index in [0.717, 1.165) is 12.8 Å². The zero-order valence-corrected chi connectivity index (χ0v) is 18.3. The van der Waals surface area contributed by atoms with E-state index in [0.29, 0.717) is 35.7 Å². The van der Waals surface area contributed by atoms with Crippen LogP contribution < -0.4 is 10.1 Å².